The van der Waals surface area contributed by atoms with E-state index in [2.05, 4.69) is 4.98 Å². The number of hydrogen-bond donors (Lipinski definition) is 1. The smallest absolute Gasteiger partial charge is 0.138 e. The van der Waals surface area contributed by atoms with Crippen LogP contribution in [-0.4, -0.2) is 12.1 Å². The third-order valence-corrected chi connectivity index (χ3v) is 2.54. The first kappa shape index (κ1) is 10.1. The lowest BCUT2D eigenvalue weighted by atomic mass is 10.1. The third kappa shape index (κ3) is 1.70. The minimum Gasteiger partial charge on any atom is -0.495 e. The van der Waals surface area contributed by atoms with E-state index in [4.69, 9.17) is 22.1 Å². The molecule has 0 radical (unpaired) electrons. The van der Waals surface area contributed by atoms with E-state index >= 15 is 0 Å². The van der Waals surface area contributed by atoms with Gasteiger partial charge in [-0.2, -0.15) is 0 Å². The molecule has 0 aliphatic rings. The van der Waals surface area contributed by atoms with Gasteiger partial charge >= 0.3 is 0 Å². The molecular weight excluding hydrogens is 212 g/mol. The Kier molecular flexibility index (Phi) is 2.40. The summed E-state index contributed by atoms with van der Waals surface area (Å²) in [4.78, 5) is 4.35. The van der Waals surface area contributed by atoms with E-state index in [-0.39, 0.29) is 0 Å². The van der Waals surface area contributed by atoms with E-state index in [0.29, 0.717) is 16.5 Å². The highest BCUT2D eigenvalue weighted by Gasteiger charge is 2.07. The Labute approximate surface area is 92.8 Å². The van der Waals surface area contributed by atoms with Crippen LogP contribution < -0.4 is 10.5 Å². The maximum absolute atomic E-state index is 6.00. The molecule has 78 valence electrons. The summed E-state index contributed by atoms with van der Waals surface area (Å²) in [6, 6.07) is 5.40. The van der Waals surface area contributed by atoms with Crippen LogP contribution >= 0.6 is 11.6 Å². The van der Waals surface area contributed by atoms with Gasteiger partial charge in [0.2, 0.25) is 0 Å². The summed E-state index contributed by atoms with van der Waals surface area (Å²) in [5.41, 5.74) is 8.25. The van der Waals surface area contributed by atoms with Crippen LogP contribution in [0.2, 0.25) is 5.02 Å². The molecule has 2 N–H and O–H groups in total. The Hall–Kier alpha value is -1.48. The first-order valence-electron chi connectivity index (χ1n) is 4.52. The van der Waals surface area contributed by atoms with Crippen molar-refractivity contribution in [3.05, 3.63) is 28.9 Å². The number of anilines is 1. The zero-order valence-electron chi connectivity index (χ0n) is 8.54. The number of ether oxygens (including phenoxy) is 1. The van der Waals surface area contributed by atoms with Crippen molar-refractivity contribution in [3.8, 4) is 5.75 Å². The minimum absolute atomic E-state index is 0.544. The summed E-state index contributed by atoms with van der Waals surface area (Å²) in [5.74, 6) is 0.613. The first-order valence-corrected chi connectivity index (χ1v) is 4.90. The van der Waals surface area contributed by atoms with Crippen molar-refractivity contribution in [2.24, 2.45) is 0 Å². The SMILES string of the molecule is COc1cc2c(N)cc(C)nc2cc1Cl. The Morgan fingerprint density at radius 1 is 1.33 bits per heavy atom. The third-order valence-electron chi connectivity index (χ3n) is 2.24. The molecule has 1 aromatic heterocycles. The highest BCUT2D eigenvalue weighted by molar-refractivity contribution is 6.32. The molecule has 0 aliphatic carbocycles. The lowest BCUT2D eigenvalue weighted by Crippen LogP contribution is -1.93. The topological polar surface area (TPSA) is 48.1 Å². The summed E-state index contributed by atoms with van der Waals surface area (Å²) in [6.07, 6.45) is 0. The van der Waals surface area contributed by atoms with Gasteiger partial charge in [-0.25, -0.2) is 0 Å². The van der Waals surface area contributed by atoms with Crippen LogP contribution in [0.3, 0.4) is 0 Å². The second-order valence-electron chi connectivity index (χ2n) is 3.36. The second-order valence-corrected chi connectivity index (χ2v) is 3.76. The summed E-state index contributed by atoms with van der Waals surface area (Å²) in [7, 11) is 1.57. The second kappa shape index (κ2) is 3.59. The van der Waals surface area contributed by atoms with Crippen molar-refractivity contribution in [1.29, 1.82) is 0 Å². The van der Waals surface area contributed by atoms with E-state index in [1.54, 1.807) is 19.2 Å². The van der Waals surface area contributed by atoms with Crippen molar-refractivity contribution in [3.63, 3.8) is 0 Å². The van der Waals surface area contributed by atoms with Gasteiger partial charge in [0.25, 0.3) is 0 Å². The molecule has 0 fully saturated rings. The molecule has 0 amide bonds. The summed E-state index contributed by atoms with van der Waals surface area (Å²) < 4.78 is 5.12. The average Bonchev–Trinajstić information content (AvgIpc) is 2.16. The largest absolute Gasteiger partial charge is 0.495 e. The van der Waals surface area contributed by atoms with Crippen LogP contribution in [0.5, 0.6) is 5.75 Å². The molecule has 15 heavy (non-hydrogen) atoms. The van der Waals surface area contributed by atoms with Crippen molar-refractivity contribution in [1.82, 2.24) is 4.98 Å². The molecule has 3 nitrogen and oxygen atoms in total. The molecule has 0 bridgehead atoms. The van der Waals surface area contributed by atoms with Gasteiger partial charge in [0.05, 0.1) is 17.6 Å². The fraction of sp³-hybridized carbons (Fsp3) is 0.182. The van der Waals surface area contributed by atoms with Crippen LogP contribution in [0.25, 0.3) is 10.9 Å². The molecule has 1 aromatic carbocycles. The van der Waals surface area contributed by atoms with Crippen LogP contribution in [-0.2, 0) is 0 Å². The number of nitrogens with zero attached hydrogens (tertiary/aromatic N) is 1. The Morgan fingerprint density at radius 2 is 2.07 bits per heavy atom. The number of rotatable bonds is 1. The van der Waals surface area contributed by atoms with E-state index in [1.807, 2.05) is 13.0 Å². The van der Waals surface area contributed by atoms with Crippen molar-refractivity contribution in [2.45, 2.75) is 6.92 Å². The molecule has 0 aliphatic heterocycles. The van der Waals surface area contributed by atoms with Gasteiger partial charge in [0, 0.05) is 16.8 Å². The van der Waals surface area contributed by atoms with Gasteiger partial charge in [-0.05, 0) is 25.1 Å². The van der Waals surface area contributed by atoms with Gasteiger partial charge < -0.3 is 10.5 Å². The van der Waals surface area contributed by atoms with Crippen LogP contribution in [0, 0.1) is 6.92 Å². The number of benzene rings is 1. The number of hydrogen-bond acceptors (Lipinski definition) is 3. The predicted octanol–water partition coefficient (Wildman–Crippen LogP) is 2.79. The molecule has 2 rings (SSSR count). The van der Waals surface area contributed by atoms with Crippen molar-refractivity contribution >= 4 is 28.2 Å². The molecular formula is C11H11ClN2O. The Morgan fingerprint density at radius 3 is 2.73 bits per heavy atom. The van der Waals surface area contributed by atoms with E-state index in [0.717, 1.165) is 16.6 Å². The lowest BCUT2D eigenvalue weighted by Gasteiger charge is -2.07. The fourth-order valence-corrected chi connectivity index (χ4v) is 1.78. The number of halogens is 1. The molecule has 0 spiro atoms. The molecule has 0 saturated carbocycles. The number of nitrogen functional groups attached to an aromatic ring is 1. The van der Waals surface area contributed by atoms with Crippen LogP contribution in [0.4, 0.5) is 5.69 Å². The van der Waals surface area contributed by atoms with Crippen LogP contribution in [0.1, 0.15) is 5.69 Å². The number of pyridine rings is 1. The lowest BCUT2D eigenvalue weighted by molar-refractivity contribution is 0.415. The molecule has 0 saturated heterocycles. The normalized spacial score (nSPS) is 10.6. The van der Waals surface area contributed by atoms with Gasteiger partial charge in [-0.3, -0.25) is 4.98 Å². The minimum atomic E-state index is 0.544. The molecule has 1 heterocycles. The molecule has 2 aromatic rings. The maximum Gasteiger partial charge on any atom is 0.138 e. The Balaban J connectivity index is 2.81. The number of aromatic nitrogens is 1. The van der Waals surface area contributed by atoms with Gasteiger partial charge in [0.15, 0.2) is 0 Å². The summed E-state index contributed by atoms with van der Waals surface area (Å²) in [5, 5.41) is 1.41. The van der Waals surface area contributed by atoms with E-state index in [1.165, 1.54) is 0 Å². The number of methoxy groups -OCH3 is 1. The number of fused-ring (bicyclic) bond motifs is 1. The van der Waals surface area contributed by atoms with Crippen molar-refractivity contribution < 1.29 is 4.74 Å². The van der Waals surface area contributed by atoms with Crippen molar-refractivity contribution in [2.75, 3.05) is 12.8 Å². The van der Waals surface area contributed by atoms with Gasteiger partial charge in [-0.15, -0.1) is 0 Å². The number of aryl methyl sites for hydroxylation is 1. The average molecular weight is 223 g/mol. The molecule has 0 atom stereocenters. The quantitative estimate of drug-likeness (QED) is 0.807. The van der Waals surface area contributed by atoms with Gasteiger partial charge in [-0.1, -0.05) is 11.6 Å². The zero-order valence-corrected chi connectivity index (χ0v) is 9.30. The Bertz CT molecular complexity index is 525. The monoisotopic (exact) mass is 222 g/mol. The maximum atomic E-state index is 6.00. The zero-order chi connectivity index (χ0) is 11.0. The summed E-state index contributed by atoms with van der Waals surface area (Å²) in [6.45, 7) is 1.90. The summed E-state index contributed by atoms with van der Waals surface area (Å²) >= 11 is 6.00. The van der Waals surface area contributed by atoms with Crippen LogP contribution in [0.15, 0.2) is 18.2 Å². The van der Waals surface area contributed by atoms with E-state index < -0.39 is 0 Å². The van der Waals surface area contributed by atoms with Gasteiger partial charge in [0.1, 0.15) is 5.75 Å². The highest BCUT2D eigenvalue weighted by Crippen LogP contribution is 2.31. The predicted molar refractivity (Wildman–Crippen MR) is 62.5 cm³/mol. The molecule has 0 unspecified atom stereocenters. The first-order chi connectivity index (χ1) is 7.11. The van der Waals surface area contributed by atoms with E-state index in [9.17, 15) is 0 Å². The number of nitrogens with two attached hydrogens (primary N) is 1. The standard InChI is InChI=1S/C11H11ClN2O/c1-6-3-9(13)7-4-11(15-2)8(12)5-10(7)14-6/h3-5H,1-2H3,(H2,13,14). The fourth-order valence-electron chi connectivity index (χ4n) is 1.55. The highest BCUT2D eigenvalue weighted by atomic mass is 35.5. The molecule has 4 heteroatoms.